The summed E-state index contributed by atoms with van der Waals surface area (Å²) in [7, 11) is 0. The maximum absolute atomic E-state index is 5.67. The van der Waals surface area contributed by atoms with Crippen molar-refractivity contribution in [3.05, 3.63) is 11.6 Å². The van der Waals surface area contributed by atoms with Gasteiger partial charge in [0.1, 0.15) is 11.6 Å². The molecule has 1 aromatic heterocycles. The van der Waals surface area contributed by atoms with Gasteiger partial charge in [0, 0.05) is 6.42 Å². The Hall–Kier alpha value is -0.900. The molecular formula is C16H26N4. The molecule has 1 aromatic rings. The third-order valence-corrected chi connectivity index (χ3v) is 5.87. The van der Waals surface area contributed by atoms with E-state index in [2.05, 4.69) is 9.67 Å². The predicted octanol–water partition coefficient (Wildman–Crippen LogP) is 2.48. The first-order chi connectivity index (χ1) is 9.74. The SMILES string of the molecule is Cc1nc(CCCN)n(C2C3CC4CC(C3)CC2C4)n1. The van der Waals surface area contributed by atoms with Crippen molar-refractivity contribution < 1.29 is 0 Å². The highest BCUT2D eigenvalue weighted by Gasteiger charge is 2.49. The molecule has 0 saturated heterocycles. The Morgan fingerprint density at radius 2 is 1.75 bits per heavy atom. The quantitative estimate of drug-likeness (QED) is 0.917. The molecule has 4 bridgehead atoms. The number of nitrogens with two attached hydrogens (primary N) is 1. The van der Waals surface area contributed by atoms with Crippen LogP contribution in [0.2, 0.25) is 0 Å². The van der Waals surface area contributed by atoms with Crippen LogP contribution in [0.15, 0.2) is 0 Å². The Morgan fingerprint density at radius 3 is 2.35 bits per heavy atom. The van der Waals surface area contributed by atoms with Gasteiger partial charge in [-0.2, -0.15) is 5.10 Å². The Kier molecular flexibility index (Phi) is 3.09. The summed E-state index contributed by atoms with van der Waals surface area (Å²) in [5, 5.41) is 4.77. The summed E-state index contributed by atoms with van der Waals surface area (Å²) in [5.41, 5.74) is 5.67. The minimum Gasteiger partial charge on any atom is -0.330 e. The molecule has 4 fully saturated rings. The molecule has 0 aliphatic heterocycles. The normalized spacial score (nSPS) is 38.6. The average Bonchev–Trinajstić information content (AvgIpc) is 2.76. The summed E-state index contributed by atoms with van der Waals surface area (Å²) < 4.78 is 2.32. The second kappa shape index (κ2) is 4.83. The van der Waals surface area contributed by atoms with Crippen LogP contribution >= 0.6 is 0 Å². The van der Waals surface area contributed by atoms with Crippen molar-refractivity contribution in [2.45, 2.75) is 57.9 Å². The predicted molar refractivity (Wildman–Crippen MR) is 78.2 cm³/mol. The molecule has 110 valence electrons. The van der Waals surface area contributed by atoms with Crippen LogP contribution in [-0.2, 0) is 6.42 Å². The van der Waals surface area contributed by atoms with Gasteiger partial charge in [-0.15, -0.1) is 0 Å². The van der Waals surface area contributed by atoms with Crippen molar-refractivity contribution >= 4 is 0 Å². The molecule has 1 heterocycles. The summed E-state index contributed by atoms with van der Waals surface area (Å²) in [6, 6.07) is 0.636. The van der Waals surface area contributed by atoms with Crippen LogP contribution < -0.4 is 5.73 Å². The van der Waals surface area contributed by atoms with Crippen molar-refractivity contribution in [1.29, 1.82) is 0 Å². The molecule has 0 aromatic carbocycles. The smallest absolute Gasteiger partial charge is 0.147 e. The number of hydrogen-bond donors (Lipinski definition) is 1. The molecule has 4 saturated carbocycles. The van der Waals surface area contributed by atoms with Crippen LogP contribution in [0, 0.1) is 30.6 Å². The fourth-order valence-electron chi connectivity index (χ4n) is 5.44. The van der Waals surface area contributed by atoms with Crippen molar-refractivity contribution in [1.82, 2.24) is 14.8 Å². The Bertz CT molecular complexity index is 465. The van der Waals surface area contributed by atoms with Gasteiger partial charge in [-0.25, -0.2) is 9.67 Å². The average molecular weight is 274 g/mol. The highest BCUT2D eigenvalue weighted by atomic mass is 15.4. The van der Waals surface area contributed by atoms with Crippen molar-refractivity contribution in [3.63, 3.8) is 0 Å². The molecule has 4 aliphatic rings. The van der Waals surface area contributed by atoms with Crippen molar-refractivity contribution in [2.24, 2.45) is 29.4 Å². The van der Waals surface area contributed by atoms with Gasteiger partial charge in [0.2, 0.25) is 0 Å². The third-order valence-electron chi connectivity index (χ3n) is 5.87. The number of aromatic nitrogens is 3. The number of nitrogens with zero attached hydrogens (tertiary/aromatic N) is 3. The minimum absolute atomic E-state index is 0.636. The highest BCUT2D eigenvalue weighted by Crippen LogP contribution is 2.58. The number of hydrogen-bond acceptors (Lipinski definition) is 3. The summed E-state index contributed by atoms with van der Waals surface area (Å²) in [6.07, 6.45) is 9.27. The maximum atomic E-state index is 5.67. The third kappa shape index (κ3) is 2.00. The van der Waals surface area contributed by atoms with Crippen LogP contribution in [0.5, 0.6) is 0 Å². The molecule has 0 atom stereocenters. The lowest BCUT2D eigenvalue weighted by Gasteiger charge is -2.54. The van der Waals surface area contributed by atoms with Gasteiger partial charge in [0.15, 0.2) is 0 Å². The summed E-state index contributed by atoms with van der Waals surface area (Å²) in [5.74, 6) is 5.89. The standard InChI is InChI=1S/C16H26N4/c1-10-18-15(3-2-4-17)20(19-10)16-13-6-11-5-12(8-13)9-14(16)7-11/h11-14,16H,2-9,17H2,1H3. The maximum Gasteiger partial charge on any atom is 0.147 e. The van der Waals surface area contributed by atoms with Gasteiger partial charge >= 0.3 is 0 Å². The molecule has 0 amide bonds. The van der Waals surface area contributed by atoms with E-state index in [1.165, 1.54) is 37.9 Å². The number of rotatable bonds is 4. The van der Waals surface area contributed by atoms with Gasteiger partial charge < -0.3 is 5.73 Å². The molecule has 0 radical (unpaired) electrons. The highest BCUT2D eigenvalue weighted by molar-refractivity contribution is 5.04. The second-order valence-corrected chi connectivity index (χ2v) is 7.33. The van der Waals surface area contributed by atoms with Crippen LogP contribution in [0.1, 0.15) is 56.2 Å². The van der Waals surface area contributed by atoms with Crippen LogP contribution in [0.25, 0.3) is 0 Å². The van der Waals surface area contributed by atoms with Crippen LogP contribution in [0.3, 0.4) is 0 Å². The lowest BCUT2D eigenvalue weighted by molar-refractivity contribution is -0.0349. The van der Waals surface area contributed by atoms with Gasteiger partial charge in [0.05, 0.1) is 6.04 Å². The van der Waals surface area contributed by atoms with Crippen LogP contribution in [-0.4, -0.2) is 21.3 Å². The Morgan fingerprint density at radius 1 is 1.10 bits per heavy atom. The number of aryl methyl sites for hydroxylation is 2. The lowest BCUT2D eigenvalue weighted by atomic mass is 9.54. The van der Waals surface area contributed by atoms with E-state index in [0.717, 1.165) is 48.9 Å². The molecule has 0 unspecified atom stereocenters. The molecule has 4 aliphatic carbocycles. The fourth-order valence-corrected chi connectivity index (χ4v) is 5.44. The van der Waals surface area contributed by atoms with Gasteiger partial charge in [-0.1, -0.05) is 0 Å². The van der Waals surface area contributed by atoms with Gasteiger partial charge in [-0.05, 0) is 75.7 Å². The zero-order valence-corrected chi connectivity index (χ0v) is 12.5. The minimum atomic E-state index is 0.636. The summed E-state index contributed by atoms with van der Waals surface area (Å²) in [4.78, 5) is 4.68. The topological polar surface area (TPSA) is 56.7 Å². The molecule has 5 rings (SSSR count). The molecule has 2 N–H and O–H groups in total. The Labute approximate surface area is 121 Å². The first-order valence-electron chi connectivity index (χ1n) is 8.36. The fraction of sp³-hybridized carbons (Fsp3) is 0.875. The Balaban J connectivity index is 1.64. The van der Waals surface area contributed by atoms with Gasteiger partial charge in [0.25, 0.3) is 0 Å². The van der Waals surface area contributed by atoms with E-state index in [4.69, 9.17) is 10.8 Å². The lowest BCUT2D eigenvalue weighted by Crippen LogP contribution is -2.46. The zero-order chi connectivity index (χ0) is 13.7. The van der Waals surface area contributed by atoms with Crippen molar-refractivity contribution in [2.75, 3.05) is 6.54 Å². The summed E-state index contributed by atoms with van der Waals surface area (Å²) >= 11 is 0. The van der Waals surface area contributed by atoms with E-state index in [1.807, 2.05) is 6.92 Å². The largest absolute Gasteiger partial charge is 0.330 e. The van der Waals surface area contributed by atoms with Crippen molar-refractivity contribution in [3.8, 4) is 0 Å². The van der Waals surface area contributed by atoms with E-state index in [9.17, 15) is 0 Å². The van der Waals surface area contributed by atoms with Gasteiger partial charge in [-0.3, -0.25) is 0 Å². The van der Waals surface area contributed by atoms with E-state index >= 15 is 0 Å². The van der Waals surface area contributed by atoms with E-state index in [1.54, 1.807) is 0 Å². The molecule has 20 heavy (non-hydrogen) atoms. The molecule has 4 nitrogen and oxygen atoms in total. The zero-order valence-electron chi connectivity index (χ0n) is 12.5. The first-order valence-corrected chi connectivity index (χ1v) is 8.36. The summed E-state index contributed by atoms with van der Waals surface area (Å²) in [6.45, 7) is 2.77. The molecule has 4 heteroatoms. The first kappa shape index (κ1) is 12.8. The van der Waals surface area contributed by atoms with E-state index < -0.39 is 0 Å². The van der Waals surface area contributed by atoms with Crippen LogP contribution in [0.4, 0.5) is 0 Å². The van der Waals surface area contributed by atoms with E-state index in [0.29, 0.717) is 6.04 Å². The monoisotopic (exact) mass is 274 g/mol. The van der Waals surface area contributed by atoms with E-state index in [-0.39, 0.29) is 0 Å². The molecular weight excluding hydrogens is 248 g/mol. The molecule has 0 spiro atoms. The second-order valence-electron chi connectivity index (χ2n) is 7.33.